The zero-order valence-electron chi connectivity index (χ0n) is 11.0. The molecule has 0 aromatic heterocycles. The van der Waals surface area contributed by atoms with Gasteiger partial charge in [0, 0.05) is 17.2 Å². The highest BCUT2D eigenvalue weighted by molar-refractivity contribution is 6.04. The van der Waals surface area contributed by atoms with Crippen LogP contribution in [0.4, 0.5) is 5.69 Å². The molecule has 0 atom stereocenters. The fourth-order valence-corrected chi connectivity index (χ4v) is 1.86. The number of rotatable bonds is 1. The molecule has 0 saturated carbocycles. The van der Waals surface area contributed by atoms with Gasteiger partial charge in [0.25, 0.3) is 0 Å². The van der Waals surface area contributed by atoms with E-state index in [1.165, 1.54) is 0 Å². The molecule has 0 saturated heterocycles. The lowest BCUT2D eigenvalue weighted by Gasteiger charge is -2.04. The summed E-state index contributed by atoms with van der Waals surface area (Å²) in [6.45, 7) is 4.00. The van der Waals surface area contributed by atoms with Gasteiger partial charge in [0.1, 0.15) is 0 Å². The summed E-state index contributed by atoms with van der Waals surface area (Å²) in [5.41, 5.74) is 3.85. The van der Waals surface area contributed by atoms with E-state index < -0.39 is 0 Å². The summed E-state index contributed by atoms with van der Waals surface area (Å²) in [5, 5.41) is 2.78. The summed E-state index contributed by atoms with van der Waals surface area (Å²) in [4.78, 5) is 11.7. The Bertz CT molecular complexity index is 628. The van der Waals surface area contributed by atoms with Gasteiger partial charge < -0.3 is 5.32 Å². The van der Waals surface area contributed by atoms with Gasteiger partial charge >= 0.3 is 5.91 Å². The van der Waals surface area contributed by atoms with Crippen LogP contribution in [0.5, 0.6) is 0 Å². The number of benzene rings is 2. The maximum absolute atomic E-state index is 11.7. The minimum Gasteiger partial charge on any atom is -0.315 e. The largest absolute Gasteiger partial charge is 0.315 e. The minimum absolute atomic E-state index is 0.297. The van der Waals surface area contributed by atoms with Gasteiger partial charge in [0.05, 0.1) is 0 Å². The summed E-state index contributed by atoms with van der Waals surface area (Å²) in [5.74, 6) is 5.12. The highest BCUT2D eigenvalue weighted by Gasteiger charge is 1.99. The molecule has 0 aliphatic heterocycles. The van der Waals surface area contributed by atoms with Gasteiger partial charge in [-0.2, -0.15) is 0 Å². The molecule has 0 fully saturated rings. The smallest absolute Gasteiger partial charge is 0.300 e. The van der Waals surface area contributed by atoms with Crippen LogP contribution in [-0.2, 0) is 4.79 Å². The molecule has 0 unspecified atom stereocenters. The van der Waals surface area contributed by atoms with Gasteiger partial charge in [-0.15, -0.1) is 0 Å². The van der Waals surface area contributed by atoms with E-state index in [1.807, 2.05) is 56.3 Å². The second-order valence-corrected chi connectivity index (χ2v) is 4.45. The molecule has 2 aromatic carbocycles. The average molecular weight is 249 g/mol. The first-order valence-corrected chi connectivity index (χ1v) is 6.10. The van der Waals surface area contributed by atoms with Crippen molar-refractivity contribution in [3.05, 3.63) is 65.2 Å². The molecule has 94 valence electrons. The van der Waals surface area contributed by atoms with E-state index in [4.69, 9.17) is 0 Å². The molecular formula is C17H15NO. The lowest BCUT2D eigenvalue weighted by atomic mass is 10.1. The third-order valence-corrected chi connectivity index (χ3v) is 2.57. The van der Waals surface area contributed by atoms with Crippen molar-refractivity contribution in [3.63, 3.8) is 0 Å². The fourth-order valence-electron chi connectivity index (χ4n) is 1.86. The molecule has 1 amide bonds. The van der Waals surface area contributed by atoms with Gasteiger partial charge in [0.2, 0.25) is 0 Å². The van der Waals surface area contributed by atoms with Crippen LogP contribution in [0.25, 0.3) is 0 Å². The molecule has 0 bridgehead atoms. The van der Waals surface area contributed by atoms with Crippen LogP contribution in [0.3, 0.4) is 0 Å². The monoisotopic (exact) mass is 249 g/mol. The minimum atomic E-state index is -0.297. The Balaban J connectivity index is 2.08. The van der Waals surface area contributed by atoms with Crippen LogP contribution < -0.4 is 5.32 Å². The average Bonchev–Trinajstić information content (AvgIpc) is 2.36. The first-order valence-electron chi connectivity index (χ1n) is 6.10. The predicted molar refractivity (Wildman–Crippen MR) is 77.9 cm³/mol. The molecule has 0 spiro atoms. The first kappa shape index (κ1) is 12.9. The van der Waals surface area contributed by atoms with Crippen LogP contribution in [0.1, 0.15) is 16.7 Å². The van der Waals surface area contributed by atoms with Crippen LogP contribution in [0, 0.1) is 25.7 Å². The number of amides is 1. The number of aryl methyl sites for hydroxylation is 2. The van der Waals surface area contributed by atoms with Gasteiger partial charge in [-0.3, -0.25) is 4.79 Å². The molecule has 0 aliphatic rings. The van der Waals surface area contributed by atoms with Crippen molar-refractivity contribution in [2.75, 3.05) is 5.32 Å². The van der Waals surface area contributed by atoms with Crippen molar-refractivity contribution in [2.45, 2.75) is 13.8 Å². The van der Waals surface area contributed by atoms with E-state index in [2.05, 4.69) is 23.2 Å². The lowest BCUT2D eigenvalue weighted by Crippen LogP contribution is -2.08. The van der Waals surface area contributed by atoms with E-state index in [-0.39, 0.29) is 5.91 Å². The van der Waals surface area contributed by atoms with Gasteiger partial charge in [-0.1, -0.05) is 30.2 Å². The molecule has 0 radical (unpaired) electrons. The van der Waals surface area contributed by atoms with Gasteiger partial charge in [-0.25, -0.2) is 0 Å². The molecule has 1 N–H and O–H groups in total. The number of carbonyl (C=O) groups is 1. The number of anilines is 1. The summed E-state index contributed by atoms with van der Waals surface area (Å²) in [6.07, 6.45) is 0. The number of carbonyl (C=O) groups excluding carboxylic acids is 1. The Labute approximate surface area is 113 Å². The van der Waals surface area contributed by atoms with E-state index in [1.54, 1.807) is 0 Å². The number of hydrogen-bond acceptors (Lipinski definition) is 1. The quantitative estimate of drug-likeness (QED) is 0.772. The second kappa shape index (κ2) is 5.88. The molecule has 2 rings (SSSR count). The molecule has 0 heterocycles. The Morgan fingerprint density at radius 1 is 1.00 bits per heavy atom. The zero-order chi connectivity index (χ0) is 13.7. The molecule has 2 nitrogen and oxygen atoms in total. The van der Waals surface area contributed by atoms with E-state index in [9.17, 15) is 4.79 Å². The van der Waals surface area contributed by atoms with Crippen molar-refractivity contribution in [1.82, 2.24) is 0 Å². The molecule has 2 heteroatoms. The predicted octanol–water partition coefficient (Wildman–Crippen LogP) is 3.29. The topological polar surface area (TPSA) is 29.1 Å². The maximum Gasteiger partial charge on any atom is 0.300 e. The summed E-state index contributed by atoms with van der Waals surface area (Å²) >= 11 is 0. The fraction of sp³-hybridized carbons (Fsp3) is 0.118. The highest BCUT2D eigenvalue weighted by atomic mass is 16.1. The SMILES string of the molecule is Cc1cc(C)cc(NC(=O)C#Cc2ccccc2)c1. The van der Waals surface area contributed by atoms with E-state index in [0.29, 0.717) is 0 Å². The van der Waals surface area contributed by atoms with E-state index in [0.717, 1.165) is 22.4 Å². The zero-order valence-corrected chi connectivity index (χ0v) is 11.0. The van der Waals surface area contributed by atoms with Crippen LogP contribution >= 0.6 is 0 Å². The highest BCUT2D eigenvalue weighted by Crippen LogP contribution is 2.13. The van der Waals surface area contributed by atoms with Crippen LogP contribution in [0.15, 0.2) is 48.5 Å². The van der Waals surface area contributed by atoms with Gasteiger partial charge in [0.15, 0.2) is 0 Å². The van der Waals surface area contributed by atoms with Crippen molar-refractivity contribution in [3.8, 4) is 11.8 Å². The van der Waals surface area contributed by atoms with Crippen LogP contribution in [-0.4, -0.2) is 5.91 Å². The third-order valence-electron chi connectivity index (χ3n) is 2.57. The number of hydrogen-bond donors (Lipinski definition) is 1. The van der Waals surface area contributed by atoms with Crippen molar-refractivity contribution >= 4 is 11.6 Å². The van der Waals surface area contributed by atoms with E-state index >= 15 is 0 Å². The molecule has 2 aromatic rings. The number of nitrogens with one attached hydrogen (secondary N) is 1. The summed E-state index contributed by atoms with van der Waals surface area (Å²) in [6, 6.07) is 15.4. The standard InChI is InChI=1S/C17H15NO/c1-13-10-14(2)12-16(11-13)18-17(19)9-8-15-6-4-3-5-7-15/h3-7,10-12H,1-2H3,(H,18,19). The third kappa shape index (κ3) is 4.01. The Kier molecular flexibility index (Phi) is 4.00. The van der Waals surface area contributed by atoms with Crippen molar-refractivity contribution < 1.29 is 4.79 Å². The maximum atomic E-state index is 11.7. The first-order chi connectivity index (χ1) is 9.13. The Morgan fingerprint density at radius 2 is 1.63 bits per heavy atom. The molecule has 19 heavy (non-hydrogen) atoms. The lowest BCUT2D eigenvalue weighted by molar-refractivity contribution is -0.111. The second-order valence-electron chi connectivity index (χ2n) is 4.45. The summed E-state index contributed by atoms with van der Waals surface area (Å²) in [7, 11) is 0. The summed E-state index contributed by atoms with van der Waals surface area (Å²) < 4.78 is 0. The molecular weight excluding hydrogens is 234 g/mol. The Morgan fingerprint density at radius 3 is 2.26 bits per heavy atom. The van der Waals surface area contributed by atoms with Crippen LogP contribution in [0.2, 0.25) is 0 Å². The molecule has 0 aliphatic carbocycles. The van der Waals surface area contributed by atoms with Gasteiger partial charge in [-0.05, 0) is 49.2 Å². The van der Waals surface area contributed by atoms with Crippen molar-refractivity contribution in [2.24, 2.45) is 0 Å². The normalized spacial score (nSPS) is 9.37. The Hall–Kier alpha value is -2.53. The van der Waals surface area contributed by atoms with Crippen molar-refractivity contribution in [1.29, 1.82) is 0 Å².